The molecule has 32 heavy (non-hydrogen) atoms. The lowest BCUT2D eigenvalue weighted by Crippen LogP contribution is -2.07. The monoisotopic (exact) mass is 446 g/mol. The molecule has 0 aromatic heterocycles. The molecule has 0 saturated carbocycles. The first-order valence-corrected chi connectivity index (χ1v) is 10.2. The summed E-state index contributed by atoms with van der Waals surface area (Å²) in [7, 11) is 0. The summed E-state index contributed by atoms with van der Waals surface area (Å²) in [5.41, 5.74) is 18.7. The van der Waals surface area contributed by atoms with Crippen molar-refractivity contribution in [3.8, 4) is 11.8 Å². The van der Waals surface area contributed by atoms with E-state index in [0.29, 0.717) is 28.6 Å². The number of hydrogen-bond donors (Lipinski definition) is 3. The second kappa shape index (κ2) is 11.3. The predicted octanol–water partition coefficient (Wildman–Crippen LogP) is 4.98. The Bertz CT molecular complexity index is 1130. The number of nitriles is 1. The van der Waals surface area contributed by atoms with Gasteiger partial charge < -0.3 is 21.0 Å². The predicted molar refractivity (Wildman–Crippen MR) is 127 cm³/mol. The summed E-state index contributed by atoms with van der Waals surface area (Å²) in [5.74, 6) is 0.865. The molecule has 0 saturated heterocycles. The standard InChI is InChI=1S/C25H23ClN4O2/c26-21-8-4-18(5-9-21)14-15-31-25(29)13-12-24(28)20-2-1-3-22(16-20)30-32-23-10-6-19(17-27)7-11-23/h1-13,16,30H,14-15,28-29H2/b24-12-,25-13+. The molecule has 7 heteroatoms. The van der Waals surface area contributed by atoms with E-state index in [1.165, 1.54) is 0 Å². The Morgan fingerprint density at radius 2 is 1.75 bits per heavy atom. The second-order valence-electron chi connectivity index (χ2n) is 6.84. The van der Waals surface area contributed by atoms with Gasteiger partial charge in [0, 0.05) is 17.1 Å². The maximum absolute atomic E-state index is 8.85. The van der Waals surface area contributed by atoms with Gasteiger partial charge in [0.2, 0.25) is 0 Å². The average Bonchev–Trinajstić information content (AvgIpc) is 2.83. The second-order valence-corrected chi connectivity index (χ2v) is 7.27. The minimum Gasteiger partial charge on any atom is -0.479 e. The van der Waals surface area contributed by atoms with Gasteiger partial charge in [0.25, 0.3) is 0 Å². The van der Waals surface area contributed by atoms with E-state index >= 15 is 0 Å². The number of allylic oxidation sites excluding steroid dienone is 2. The Labute approximate surface area is 192 Å². The molecule has 162 valence electrons. The van der Waals surface area contributed by atoms with Gasteiger partial charge in [-0.3, -0.25) is 0 Å². The lowest BCUT2D eigenvalue weighted by Gasteiger charge is -2.10. The quantitative estimate of drug-likeness (QED) is 0.243. The molecule has 5 N–H and O–H groups in total. The highest BCUT2D eigenvalue weighted by Crippen LogP contribution is 2.18. The van der Waals surface area contributed by atoms with E-state index in [-0.39, 0.29) is 5.88 Å². The molecular formula is C25H23ClN4O2. The zero-order valence-corrected chi connectivity index (χ0v) is 18.0. The molecule has 0 amide bonds. The van der Waals surface area contributed by atoms with Crippen molar-refractivity contribution in [2.45, 2.75) is 6.42 Å². The van der Waals surface area contributed by atoms with Crippen molar-refractivity contribution in [2.75, 3.05) is 12.1 Å². The van der Waals surface area contributed by atoms with E-state index < -0.39 is 0 Å². The molecule has 0 aliphatic carbocycles. The summed E-state index contributed by atoms with van der Waals surface area (Å²) in [5, 5.41) is 9.55. The fraction of sp³-hybridized carbons (Fsp3) is 0.0800. The van der Waals surface area contributed by atoms with Crippen LogP contribution >= 0.6 is 11.6 Å². The van der Waals surface area contributed by atoms with Crippen LogP contribution in [-0.2, 0) is 11.2 Å². The number of nitrogens with zero attached hydrogens (tertiary/aromatic N) is 1. The first kappa shape index (κ1) is 22.6. The van der Waals surface area contributed by atoms with E-state index in [1.807, 2.05) is 48.5 Å². The van der Waals surface area contributed by atoms with Gasteiger partial charge >= 0.3 is 0 Å². The lowest BCUT2D eigenvalue weighted by atomic mass is 10.1. The highest BCUT2D eigenvalue weighted by molar-refractivity contribution is 6.30. The molecular weight excluding hydrogens is 424 g/mol. The molecule has 6 nitrogen and oxygen atoms in total. The summed E-state index contributed by atoms with van der Waals surface area (Å²) in [4.78, 5) is 5.53. The first-order valence-electron chi connectivity index (χ1n) is 9.87. The zero-order valence-electron chi connectivity index (χ0n) is 17.3. The molecule has 0 unspecified atom stereocenters. The van der Waals surface area contributed by atoms with Crippen LogP contribution in [0.15, 0.2) is 90.8 Å². The maximum atomic E-state index is 8.85. The Hall–Kier alpha value is -4.08. The third-order valence-corrected chi connectivity index (χ3v) is 4.72. The topological polar surface area (TPSA) is 106 Å². The first-order chi connectivity index (χ1) is 15.5. The van der Waals surface area contributed by atoms with E-state index in [1.54, 1.807) is 36.4 Å². The van der Waals surface area contributed by atoms with E-state index in [0.717, 1.165) is 23.2 Å². The highest BCUT2D eigenvalue weighted by Gasteiger charge is 2.01. The van der Waals surface area contributed by atoms with Crippen LogP contribution in [0.4, 0.5) is 5.69 Å². The number of anilines is 1. The Morgan fingerprint density at radius 1 is 1.00 bits per heavy atom. The highest BCUT2D eigenvalue weighted by atomic mass is 35.5. The largest absolute Gasteiger partial charge is 0.479 e. The number of halogens is 1. The fourth-order valence-corrected chi connectivity index (χ4v) is 2.86. The van der Waals surface area contributed by atoms with Gasteiger partial charge in [-0.25, -0.2) is 5.48 Å². The average molecular weight is 447 g/mol. The van der Waals surface area contributed by atoms with Gasteiger partial charge in [0.1, 0.15) is 0 Å². The van der Waals surface area contributed by atoms with Crippen LogP contribution in [0.2, 0.25) is 5.02 Å². The summed E-state index contributed by atoms with van der Waals surface area (Å²) >= 11 is 5.88. The van der Waals surface area contributed by atoms with Gasteiger partial charge in [-0.05, 0) is 71.8 Å². The van der Waals surface area contributed by atoms with Crippen LogP contribution in [0.25, 0.3) is 5.70 Å². The number of nitrogens with two attached hydrogens (primary N) is 2. The van der Waals surface area contributed by atoms with Gasteiger partial charge in [-0.2, -0.15) is 5.26 Å². The molecule has 0 atom stereocenters. The van der Waals surface area contributed by atoms with Crippen LogP contribution in [0.5, 0.6) is 5.75 Å². The normalized spacial score (nSPS) is 11.5. The number of rotatable bonds is 9. The van der Waals surface area contributed by atoms with E-state index in [2.05, 4.69) is 11.5 Å². The summed E-state index contributed by atoms with van der Waals surface area (Å²) in [6, 6.07) is 23.9. The van der Waals surface area contributed by atoms with Gasteiger partial charge in [-0.15, -0.1) is 0 Å². The molecule has 0 fully saturated rings. The van der Waals surface area contributed by atoms with Crippen molar-refractivity contribution in [3.63, 3.8) is 0 Å². The van der Waals surface area contributed by atoms with Crippen LogP contribution in [0.3, 0.4) is 0 Å². The number of hydrogen-bond acceptors (Lipinski definition) is 6. The van der Waals surface area contributed by atoms with Crippen LogP contribution < -0.4 is 21.8 Å². The van der Waals surface area contributed by atoms with E-state index in [9.17, 15) is 0 Å². The summed E-state index contributed by atoms with van der Waals surface area (Å²) in [6.07, 6.45) is 4.04. The molecule has 0 radical (unpaired) electrons. The maximum Gasteiger partial charge on any atom is 0.183 e. The number of nitrogens with one attached hydrogen (secondary N) is 1. The van der Waals surface area contributed by atoms with Gasteiger partial charge in [0.15, 0.2) is 11.6 Å². The minimum atomic E-state index is 0.278. The summed E-state index contributed by atoms with van der Waals surface area (Å²) in [6.45, 7) is 0.448. The molecule has 0 aliphatic heterocycles. The van der Waals surface area contributed by atoms with Crippen molar-refractivity contribution in [2.24, 2.45) is 11.5 Å². The Balaban J connectivity index is 1.53. The van der Waals surface area contributed by atoms with Crippen LogP contribution in [0, 0.1) is 11.3 Å². The summed E-state index contributed by atoms with van der Waals surface area (Å²) < 4.78 is 5.54. The van der Waals surface area contributed by atoms with E-state index in [4.69, 9.17) is 37.9 Å². The third kappa shape index (κ3) is 7.01. The SMILES string of the molecule is N#Cc1ccc(ONc2cccc(/C(N)=C/C=C(\N)OCCc3ccc(Cl)cc3)c2)cc1. The molecule has 3 aromatic rings. The van der Waals surface area contributed by atoms with Gasteiger partial charge in [-0.1, -0.05) is 35.9 Å². The zero-order chi connectivity index (χ0) is 22.8. The smallest absolute Gasteiger partial charge is 0.183 e. The Morgan fingerprint density at radius 3 is 2.47 bits per heavy atom. The van der Waals surface area contributed by atoms with Crippen LogP contribution in [0.1, 0.15) is 16.7 Å². The fourth-order valence-electron chi connectivity index (χ4n) is 2.73. The molecule has 3 rings (SSSR count). The molecule has 0 bridgehead atoms. The van der Waals surface area contributed by atoms with Crippen molar-refractivity contribution < 1.29 is 9.57 Å². The molecule has 0 heterocycles. The van der Waals surface area contributed by atoms with Crippen molar-refractivity contribution >= 4 is 23.0 Å². The van der Waals surface area contributed by atoms with Crippen molar-refractivity contribution in [1.29, 1.82) is 5.26 Å². The number of benzene rings is 3. The van der Waals surface area contributed by atoms with Crippen molar-refractivity contribution in [3.05, 3.63) is 113 Å². The van der Waals surface area contributed by atoms with Crippen molar-refractivity contribution in [1.82, 2.24) is 0 Å². The molecule has 3 aromatic carbocycles. The molecule has 0 aliphatic rings. The number of ether oxygens (including phenoxy) is 1. The lowest BCUT2D eigenvalue weighted by molar-refractivity contribution is 0.213. The Kier molecular flexibility index (Phi) is 8.02. The van der Waals surface area contributed by atoms with Crippen LogP contribution in [-0.4, -0.2) is 6.61 Å². The molecule has 0 spiro atoms. The third-order valence-electron chi connectivity index (χ3n) is 4.47. The minimum absolute atomic E-state index is 0.278. The van der Waals surface area contributed by atoms with Gasteiger partial charge in [0.05, 0.1) is 23.9 Å².